The Labute approximate surface area is 228 Å². The predicted octanol–water partition coefficient (Wildman–Crippen LogP) is 6.83. The Morgan fingerprint density at radius 3 is 2.34 bits per heavy atom. The molecule has 1 saturated carbocycles. The van der Waals surface area contributed by atoms with Crippen molar-refractivity contribution >= 4 is 30.1 Å². The number of hydrogen-bond donors (Lipinski definition) is 2. The van der Waals surface area contributed by atoms with Gasteiger partial charge in [-0.2, -0.15) is 13.2 Å². The van der Waals surface area contributed by atoms with Crippen LogP contribution in [0.15, 0.2) is 18.2 Å². The van der Waals surface area contributed by atoms with E-state index in [4.69, 9.17) is 15.5 Å². The lowest BCUT2D eigenvalue weighted by Crippen LogP contribution is -2.41. The van der Waals surface area contributed by atoms with Crippen LogP contribution in [0.2, 0.25) is 25.7 Å². The number of rotatable bonds is 12. The van der Waals surface area contributed by atoms with Gasteiger partial charge in [0.15, 0.2) is 0 Å². The molecule has 1 aliphatic carbocycles. The highest BCUT2D eigenvalue weighted by atomic mass is 32.2. The van der Waals surface area contributed by atoms with Crippen LogP contribution in [-0.2, 0) is 22.5 Å². The first-order valence-corrected chi connectivity index (χ1v) is 18.2. The minimum Gasteiger partial charge on any atom is -0.361 e. The molecule has 0 aliphatic heterocycles. The van der Waals surface area contributed by atoms with Crippen molar-refractivity contribution in [2.24, 2.45) is 17.1 Å². The second-order valence-corrected chi connectivity index (χ2v) is 21.1. The van der Waals surface area contributed by atoms with E-state index in [1.807, 2.05) is 22.8 Å². The average Bonchev–Trinajstić information content (AvgIpc) is 3.55. The molecule has 0 bridgehead atoms. The van der Waals surface area contributed by atoms with E-state index in [-0.39, 0.29) is 19.2 Å². The SMILES string of the molecule is CC(C)(C)S(=O)N[C@@H](CC(C)(C)C(F)(F)F)c1nc2ccc([C@H](N)C3CC3)cc2n1COCC[Si](C)(C)C. The van der Waals surface area contributed by atoms with E-state index in [0.717, 1.165) is 30.0 Å². The van der Waals surface area contributed by atoms with Gasteiger partial charge in [-0.3, -0.25) is 0 Å². The number of nitrogens with zero attached hydrogens (tertiary/aromatic N) is 2. The molecule has 1 unspecified atom stereocenters. The van der Waals surface area contributed by atoms with Crippen LogP contribution in [0, 0.1) is 11.3 Å². The third-order valence-electron chi connectivity index (χ3n) is 7.13. The van der Waals surface area contributed by atoms with Crippen molar-refractivity contribution < 1.29 is 22.1 Å². The van der Waals surface area contributed by atoms with Crippen LogP contribution < -0.4 is 10.5 Å². The number of aromatic nitrogens is 2. The van der Waals surface area contributed by atoms with Crippen LogP contribution in [0.5, 0.6) is 0 Å². The second kappa shape index (κ2) is 11.3. The molecule has 11 heteroatoms. The molecule has 6 nitrogen and oxygen atoms in total. The van der Waals surface area contributed by atoms with E-state index >= 15 is 0 Å². The summed E-state index contributed by atoms with van der Waals surface area (Å²) < 4.78 is 65.4. The summed E-state index contributed by atoms with van der Waals surface area (Å²) in [5, 5.41) is 0. The number of fused-ring (bicyclic) bond motifs is 1. The zero-order chi connectivity index (χ0) is 28.7. The quantitative estimate of drug-likeness (QED) is 0.215. The van der Waals surface area contributed by atoms with Crippen LogP contribution in [-0.4, -0.2) is 39.4 Å². The maximum Gasteiger partial charge on any atom is 0.394 e. The molecule has 216 valence electrons. The molecule has 1 heterocycles. The summed E-state index contributed by atoms with van der Waals surface area (Å²) in [7, 11) is -2.95. The van der Waals surface area contributed by atoms with Crippen molar-refractivity contribution in [1.29, 1.82) is 0 Å². The fourth-order valence-corrected chi connectivity index (χ4v) is 5.70. The van der Waals surface area contributed by atoms with Crippen LogP contribution in [0.3, 0.4) is 0 Å². The van der Waals surface area contributed by atoms with Gasteiger partial charge >= 0.3 is 6.18 Å². The fourth-order valence-electron chi connectivity index (χ4n) is 4.15. The molecule has 3 N–H and O–H groups in total. The molecule has 3 atom stereocenters. The number of halogens is 3. The van der Waals surface area contributed by atoms with Crippen LogP contribution in [0.4, 0.5) is 13.2 Å². The van der Waals surface area contributed by atoms with Gasteiger partial charge in [-0.1, -0.05) is 39.6 Å². The first-order chi connectivity index (χ1) is 17.3. The van der Waals surface area contributed by atoms with E-state index in [1.54, 1.807) is 20.8 Å². The fraction of sp³-hybridized carbons (Fsp3) is 0.741. The smallest absolute Gasteiger partial charge is 0.361 e. The first kappa shape index (κ1) is 31.3. The highest BCUT2D eigenvalue weighted by molar-refractivity contribution is 7.84. The number of nitrogens with one attached hydrogen (secondary N) is 1. The van der Waals surface area contributed by atoms with E-state index < -0.39 is 41.4 Å². The lowest BCUT2D eigenvalue weighted by Gasteiger charge is -2.33. The Hall–Kier alpha value is -1.27. The first-order valence-electron chi connectivity index (χ1n) is 13.4. The zero-order valence-electron chi connectivity index (χ0n) is 24.0. The third kappa shape index (κ3) is 7.90. The third-order valence-corrected chi connectivity index (χ3v) is 10.4. The molecule has 0 radical (unpaired) electrons. The highest BCUT2D eigenvalue weighted by Gasteiger charge is 2.49. The van der Waals surface area contributed by atoms with Gasteiger partial charge in [-0.05, 0) is 69.7 Å². The Kier molecular flexibility index (Phi) is 9.30. The van der Waals surface area contributed by atoms with Crippen molar-refractivity contribution in [3.63, 3.8) is 0 Å². The van der Waals surface area contributed by atoms with Crippen molar-refractivity contribution in [1.82, 2.24) is 14.3 Å². The van der Waals surface area contributed by atoms with Gasteiger partial charge in [-0.15, -0.1) is 0 Å². The highest BCUT2D eigenvalue weighted by Crippen LogP contribution is 2.45. The van der Waals surface area contributed by atoms with Gasteiger partial charge in [0.05, 0.1) is 38.2 Å². The summed E-state index contributed by atoms with van der Waals surface area (Å²) in [6.45, 7) is 15.2. The van der Waals surface area contributed by atoms with Crippen LogP contribution in [0.25, 0.3) is 11.0 Å². The minimum absolute atomic E-state index is 0.0921. The maximum atomic E-state index is 14.0. The molecule has 2 aromatic rings. The monoisotopic (exact) mass is 574 g/mol. The molecular weight excluding hydrogens is 529 g/mol. The summed E-state index contributed by atoms with van der Waals surface area (Å²) in [4.78, 5) is 4.79. The van der Waals surface area contributed by atoms with Gasteiger partial charge in [-0.25, -0.2) is 13.9 Å². The number of imidazole rings is 1. The Balaban J connectivity index is 2.08. The number of alkyl halides is 3. The van der Waals surface area contributed by atoms with Crippen LogP contribution >= 0.6 is 0 Å². The zero-order valence-corrected chi connectivity index (χ0v) is 25.9. The van der Waals surface area contributed by atoms with Gasteiger partial charge in [0, 0.05) is 20.7 Å². The van der Waals surface area contributed by atoms with Gasteiger partial charge < -0.3 is 15.0 Å². The predicted molar refractivity (Wildman–Crippen MR) is 152 cm³/mol. The molecule has 3 rings (SSSR count). The van der Waals surface area contributed by atoms with E-state index in [2.05, 4.69) is 24.4 Å². The van der Waals surface area contributed by atoms with Crippen LogP contribution in [0.1, 0.15) is 77.4 Å². The normalized spacial score (nSPS) is 18.1. The minimum atomic E-state index is -4.44. The van der Waals surface area contributed by atoms with E-state index in [9.17, 15) is 17.4 Å². The second-order valence-electron chi connectivity index (χ2n) is 13.5. The average molecular weight is 575 g/mol. The molecule has 0 spiro atoms. The van der Waals surface area contributed by atoms with E-state index in [1.165, 1.54) is 13.8 Å². The van der Waals surface area contributed by atoms with E-state index in [0.29, 0.717) is 23.9 Å². The summed E-state index contributed by atoms with van der Waals surface area (Å²) in [6, 6.07) is 5.77. The standard InChI is InChI=1S/C27H45F3N4O2SSi/c1-25(2,3)37(35)33-21(16-26(4,5)27(28,29)30)24-32-20-12-11-19(23(31)18-9-10-18)15-22(20)34(24)17-36-13-14-38(6,7)8/h11-12,15,18,21,23,33H,9-10,13-14,16-17,31H2,1-8H3/t21-,23+,37?/m0/s1. The number of ether oxygens (including phenoxy) is 1. The molecule has 38 heavy (non-hydrogen) atoms. The Bertz CT molecular complexity index is 1130. The van der Waals surface area contributed by atoms with Crippen molar-refractivity contribution in [3.05, 3.63) is 29.6 Å². The van der Waals surface area contributed by atoms with Gasteiger partial charge in [0.25, 0.3) is 0 Å². The maximum absolute atomic E-state index is 14.0. The summed E-state index contributed by atoms with van der Waals surface area (Å²) in [6.07, 6.45) is -2.57. The van der Waals surface area contributed by atoms with Gasteiger partial charge in [0.2, 0.25) is 0 Å². The van der Waals surface area contributed by atoms with Gasteiger partial charge in [0.1, 0.15) is 12.6 Å². The largest absolute Gasteiger partial charge is 0.394 e. The van der Waals surface area contributed by atoms with Crippen molar-refractivity contribution in [3.8, 4) is 0 Å². The van der Waals surface area contributed by atoms with Crippen molar-refractivity contribution in [2.75, 3.05) is 6.61 Å². The lowest BCUT2D eigenvalue weighted by atomic mass is 9.85. The summed E-state index contributed by atoms with van der Waals surface area (Å²) >= 11 is 0. The Morgan fingerprint density at radius 2 is 1.82 bits per heavy atom. The topological polar surface area (TPSA) is 82.2 Å². The summed E-state index contributed by atoms with van der Waals surface area (Å²) in [5.74, 6) is 0.840. The number of hydrogen-bond acceptors (Lipinski definition) is 4. The molecule has 0 amide bonds. The molecule has 1 aliphatic rings. The molecule has 0 saturated heterocycles. The van der Waals surface area contributed by atoms with Crippen molar-refractivity contribution in [2.45, 2.75) is 109 Å². The molecule has 1 aromatic heterocycles. The molecule has 1 aromatic carbocycles. The Morgan fingerprint density at radius 1 is 1.18 bits per heavy atom. The molecular formula is C27H45F3N4O2SSi. The lowest BCUT2D eigenvalue weighted by molar-refractivity contribution is -0.215. The molecule has 1 fully saturated rings. The number of nitrogens with two attached hydrogens (primary N) is 1. The summed E-state index contributed by atoms with van der Waals surface area (Å²) in [5.41, 5.74) is 6.85. The number of benzene rings is 1.